The molecule has 2 fully saturated rings. The lowest BCUT2D eigenvalue weighted by atomic mass is 9.76. The average molecular weight is 715 g/mol. The molecule has 3 heterocycles. The van der Waals surface area contributed by atoms with Gasteiger partial charge in [0, 0.05) is 36.7 Å². The number of rotatable bonds is 10. The molecule has 0 radical (unpaired) electrons. The SMILES string of the molecule is O=C(O)[C@H](Cc1cccc2c(-c3ncc(CN4CCCCC4)c4ccccc34)cccc12)NC(=O)C1(C(F)(F)F)CCN(CCC(F)(F)F)CC1. The van der Waals surface area contributed by atoms with E-state index in [4.69, 9.17) is 4.98 Å². The van der Waals surface area contributed by atoms with Crippen LogP contribution in [0.2, 0.25) is 0 Å². The first kappa shape index (κ1) is 36.6. The summed E-state index contributed by atoms with van der Waals surface area (Å²) >= 11 is 0. The van der Waals surface area contributed by atoms with Gasteiger partial charge in [0.2, 0.25) is 5.91 Å². The maximum absolute atomic E-state index is 14.5. The lowest BCUT2D eigenvalue weighted by molar-refractivity contribution is -0.234. The molecule has 272 valence electrons. The van der Waals surface area contributed by atoms with Crippen molar-refractivity contribution in [2.45, 2.75) is 69.9 Å². The van der Waals surface area contributed by atoms with Gasteiger partial charge in [0.05, 0.1) is 12.1 Å². The highest BCUT2D eigenvalue weighted by atomic mass is 19.4. The number of likely N-dealkylation sites (tertiary alicyclic amines) is 2. The summed E-state index contributed by atoms with van der Waals surface area (Å²) in [6.07, 6.45) is -7.04. The van der Waals surface area contributed by atoms with Crippen molar-refractivity contribution < 1.29 is 41.0 Å². The molecular formula is C38H40F6N4O3. The summed E-state index contributed by atoms with van der Waals surface area (Å²) in [5.74, 6) is -2.99. The van der Waals surface area contributed by atoms with E-state index in [0.29, 0.717) is 10.9 Å². The van der Waals surface area contributed by atoms with E-state index in [0.717, 1.165) is 52.6 Å². The van der Waals surface area contributed by atoms with Crippen LogP contribution in [0.25, 0.3) is 32.8 Å². The number of carboxylic acid groups (broad SMARTS) is 1. The second-order valence-corrected chi connectivity index (χ2v) is 13.7. The van der Waals surface area contributed by atoms with Crippen LogP contribution in [0.3, 0.4) is 0 Å². The second-order valence-electron chi connectivity index (χ2n) is 13.7. The summed E-state index contributed by atoms with van der Waals surface area (Å²) in [4.78, 5) is 34.4. The van der Waals surface area contributed by atoms with Gasteiger partial charge in [-0.2, -0.15) is 26.3 Å². The first-order valence-electron chi connectivity index (χ1n) is 17.3. The molecule has 1 aromatic heterocycles. The summed E-state index contributed by atoms with van der Waals surface area (Å²) < 4.78 is 81.5. The molecular weight excluding hydrogens is 674 g/mol. The summed E-state index contributed by atoms with van der Waals surface area (Å²) in [6, 6.07) is 17.2. The Balaban J connectivity index is 1.26. The number of carbonyl (C=O) groups is 2. The Kier molecular flexibility index (Phi) is 10.6. The molecule has 0 aliphatic carbocycles. The van der Waals surface area contributed by atoms with Crippen LogP contribution in [0.15, 0.2) is 66.9 Å². The number of pyridine rings is 1. The fraction of sp³-hybridized carbons (Fsp3) is 0.447. The Hall–Kier alpha value is -4.23. The van der Waals surface area contributed by atoms with Crippen LogP contribution in [-0.4, -0.2) is 82.9 Å². The van der Waals surface area contributed by atoms with Gasteiger partial charge in [-0.05, 0) is 79.1 Å². The van der Waals surface area contributed by atoms with Crippen molar-refractivity contribution in [3.8, 4) is 11.3 Å². The zero-order chi connectivity index (χ0) is 36.4. The van der Waals surface area contributed by atoms with E-state index in [-0.39, 0.29) is 19.5 Å². The Morgan fingerprint density at radius 2 is 1.41 bits per heavy atom. The van der Waals surface area contributed by atoms with Crippen LogP contribution in [0.4, 0.5) is 26.3 Å². The zero-order valence-electron chi connectivity index (χ0n) is 28.0. The quantitative estimate of drug-likeness (QED) is 0.164. The minimum absolute atomic E-state index is 0.295. The first-order chi connectivity index (χ1) is 24.3. The highest BCUT2D eigenvalue weighted by Crippen LogP contribution is 2.47. The van der Waals surface area contributed by atoms with Crippen molar-refractivity contribution in [2.75, 3.05) is 32.7 Å². The van der Waals surface area contributed by atoms with E-state index < -0.39 is 61.5 Å². The van der Waals surface area contributed by atoms with Crippen LogP contribution in [0.5, 0.6) is 0 Å². The first-order valence-corrected chi connectivity index (χ1v) is 17.3. The number of hydrogen-bond donors (Lipinski definition) is 2. The number of hydrogen-bond acceptors (Lipinski definition) is 5. The van der Waals surface area contributed by atoms with Crippen molar-refractivity contribution in [3.63, 3.8) is 0 Å². The monoisotopic (exact) mass is 714 g/mol. The number of piperidine rings is 2. The molecule has 2 saturated heterocycles. The molecule has 4 aromatic rings. The van der Waals surface area contributed by atoms with Gasteiger partial charge in [-0.15, -0.1) is 0 Å². The molecule has 2 N–H and O–H groups in total. The highest BCUT2D eigenvalue weighted by molar-refractivity contribution is 6.05. The number of amides is 1. The third-order valence-corrected chi connectivity index (χ3v) is 10.4. The summed E-state index contributed by atoms with van der Waals surface area (Å²) in [5.41, 5.74) is 0.262. The third-order valence-electron chi connectivity index (χ3n) is 10.4. The topological polar surface area (TPSA) is 85.8 Å². The van der Waals surface area contributed by atoms with Crippen LogP contribution < -0.4 is 5.32 Å². The molecule has 1 atom stereocenters. The molecule has 2 aliphatic rings. The van der Waals surface area contributed by atoms with E-state index >= 15 is 0 Å². The maximum Gasteiger partial charge on any atom is 0.403 e. The zero-order valence-corrected chi connectivity index (χ0v) is 28.0. The van der Waals surface area contributed by atoms with E-state index in [9.17, 15) is 41.0 Å². The number of aromatic nitrogens is 1. The minimum Gasteiger partial charge on any atom is -0.480 e. The molecule has 2 aliphatic heterocycles. The standard InChI is InChI=1S/C38H40F6N4O3/c39-37(40,41)16-21-47-19-14-36(15-20-47,38(42,43)44)35(51)46-32(34(49)50)22-25-8-6-12-29-27(25)11-7-13-31(29)33-30-10-3-2-9-28(30)26(23-45-33)24-48-17-4-1-5-18-48/h2-3,6-13,23,32H,1,4-5,14-22,24H2,(H,46,51)(H,49,50)/t32-/m0/s1. The van der Waals surface area contributed by atoms with E-state index in [1.54, 1.807) is 18.2 Å². The van der Waals surface area contributed by atoms with Crippen molar-refractivity contribution >= 4 is 33.4 Å². The minimum atomic E-state index is -5.04. The van der Waals surface area contributed by atoms with Gasteiger partial charge >= 0.3 is 18.3 Å². The lowest BCUT2D eigenvalue weighted by Gasteiger charge is -2.42. The van der Waals surface area contributed by atoms with Gasteiger partial charge in [0.15, 0.2) is 0 Å². The molecule has 51 heavy (non-hydrogen) atoms. The van der Waals surface area contributed by atoms with Crippen LogP contribution in [0.1, 0.15) is 49.7 Å². The number of carbonyl (C=O) groups excluding carboxylic acids is 1. The molecule has 0 bridgehead atoms. The fourth-order valence-corrected chi connectivity index (χ4v) is 7.51. The van der Waals surface area contributed by atoms with Crippen LogP contribution in [-0.2, 0) is 22.6 Å². The smallest absolute Gasteiger partial charge is 0.403 e. The Morgan fingerprint density at radius 1 is 0.784 bits per heavy atom. The van der Waals surface area contributed by atoms with Gasteiger partial charge in [-0.3, -0.25) is 14.7 Å². The molecule has 0 unspecified atom stereocenters. The van der Waals surface area contributed by atoms with Crippen molar-refractivity contribution in [3.05, 3.63) is 78.0 Å². The molecule has 6 rings (SSSR count). The Bertz CT molecular complexity index is 1880. The number of fused-ring (bicyclic) bond motifs is 2. The van der Waals surface area contributed by atoms with Gasteiger partial charge in [0.1, 0.15) is 11.5 Å². The van der Waals surface area contributed by atoms with Crippen molar-refractivity contribution in [1.82, 2.24) is 20.1 Å². The molecule has 7 nitrogen and oxygen atoms in total. The van der Waals surface area contributed by atoms with Gasteiger partial charge in [0.25, 0.3) is 0 Å². The van der Waals surface area contributed by atoms with Gasteiger partial charge < -0.3 is 15.3 Å². The molecule has 3 aromatic carbocycles. The number of aliphatic carboxylic acids is 1. The molecule has 1 amide bonds. The highest BCUT2D eigenvalue weighted by Gasteiger charge is 2.61. The third kappa shape index (κ3) is 7.99. The number of nitrogens with one attached hydrogen (secondary N) is 1. The predicted molar refractivity (Wildman–Crippen MR) is 182 cm³/mol. The lowest BCUT2D eigenvalue weighted by Crippen LogP contribution is -2.59. The van der Waals surface area contributed by atoms with Crippen LogP contribution in [0, 0.1) is 5.41 Å². The van der Waals surface area contributed by atoms with E-state index in [2.05, 4.69) is 16.3 Å². The van der Waals surface area contributed by atoms with Gasteiger partial charge in [-0.1, -0.05) is 67.1 Å². The normalized spacial score (nSPS) is 18.2. The largest absolute Gasteiger partial charge is 0.480 e. The number of halogens is 6. The van der Waals surface area contributed by atoms with Gasteiger partial charge in [-0.25, -0.2) is 4.79 Å². The van der Waals surface area contributed by atoms with Crippen molar-refractivity contribution in [2.24, 2.45) is 5.41 Å². The molecule has 0 spiro atoms. The Labute approximate surface area is 291 Å². The summed E-state index contributed by atoms with van der Waals surface area (Å²) in [7, 11) is 0. The van der Waals surface area contributed by atoms with E-state index in [1.165, 1.54) is 24.2 Å². The summed E-state index contributed by atoms with van der Waals surface area (Å²) in [6.45, 7) is 1.64. The number of carboxylic acids is 1. The number of alkyl halides is 6. The molecule has 0 saturated carbocycles. The number of benzene rings is 3. The maximum atomic E-state index is 14.5. The fourth-order valence-electron chi connectivity index (χ4n) is 7.51. The predicted octanol–water partition coefficient (Wildman–Crippen LogP) is 7.75. The second kappa shape index (κ2) is 14.8. The summed E-state index contributed by atoms with van der Waals surface area (Å²) in [5, 5.41) is 15.7. The number of nitrogens with zero attached hydrogens (tertiary/aromatic N) is 3. The van der Waals surface area contributed by atoms with Crippen molar-refractivity contribution in [1.29, 1.82) is 0 Å². The Morgan fingerprint density at radius 3 is 2.08 bits per heavy atom. The molecule has 13 heteroatoms. The average Bonchev–Trinajstić information content (AvgIpc) is 3.10. The van der Waals surface area contributed by atoms with E-state index in [1.807, 2.05) is 42.6 Å². The van der Waals surface area contributed by atoms with Crippen LogP contribution >= 0.6 is 0 Å².